The number of rotatable bonds is 4. The highest BCUT2D eigenvalue weighted by molar-refractivity contribution is 5.77. The number of amides is 2. The van der Waals surface area contributed by atoms with Gasteiger partial charge >= 0.3 is 12.0 Å². The lowest BCUT2D eigenvalue weighted by Crippen LogP contribution is -2.48. The maximum Gasteiger partial charge on any atom is 0.315 e. The second kappa shape index (κ2) is 5.59. The lowest BCUT2D eigenvalue weighted by atomic mass is 10.0. The third-order valence-electron chi connectivity index (χ3n) is 2.13. The number of halogens is 2. The zero-order chi connectivity index (χ0) is 12.1. The Labute approximate surface area is 89.9 Å². The van der Waals surface area contributed by atoms with Crippen LogP contribution in [0.15, 0.2) is 0 Å². The second-order valence-corrected chi connectivity index (χ2v) is 3.33. The van der Waals surface area contributed by atoms with Gasteiger partial charge in [-0.05, 0) is 0 Å². The molecule has 6 nitrogen and oxygen atoms in total. The molecule has 1 fully saturated rings. The molecule has 0 spiro atoms. The molecule has 1 aliphatic heterocycles. The minimum Gasteiger partial charge on any atom is -0.481 e. The van der Waals surface area contributed by atoms with Crippen LogP contribution in [-0.2, 0) is 9.53 Å². The molecule has 2 unspecified atom stereocenters. The van der Waals surface area contributed by atoms with Crippen molar-refractivity contribution in [1.82, 2.24) is 10.6 Å². The fraction of sp³-hybridized carbons (Fsp3) is 0.750. The molecular formula is C8H12F2N2O4. The minimum absolute atomic E-state index is 0.00905. The van der Waals surface area contributed by atoms with Crippen LogP contribution in [0.4, 0.5) is 13.6 Å². The number of hydrogen-bond donors (Lipinski definition) is 3. The molecule has 1 rings (SSSR count). The van der Waals surface area contributed by atoms with Crippen molar-refractivity contribution in [3.8, 4) is 0 Å². The Kier molecular flexibility index (Phi) is 4.41. The Balaban J connectivity index is 2.35. The Morgan fingerprint density at radius 2 is 2.12 bits per heavy atom. The van der Waals surface area contributed by atoms with Gasteiger partial charge in [-0.1, -0.05) is 0 Å². The fourth-order valence-electron chi connectivity index (χ4n) is 1.33. The number of carbonyl (C=O) groups is 2. The molecule has 2 atom stereocenters. The van der Waals surface area contributed by atoms with Gasteiger partial charge in [0.25, 0.3) is 6.43 Å². The zero-order valence-corrected chi connectivity index (χ0v) is 8.28. The molecule has 8 heteroatoms. The van der Waals surface area contributed by atoms with Crippen molar-refractivity contribution in [2.45, 2.75) is 12.5 Å². The number of carboxylic acids is 1. The van der Waals surface area contributed by atoms with Gasteiger partial charge in [0.1, 0.15) is 5.92 Å². The van der Waals surface area contributed by atoms with E-state index in [1.54, 1.807) is 0 Å². The summed E-state index contributed by atoms with van der Waals surface area (Å²) in [5.41, 5.74) is 0. The standard InChI is InChI=1S/C8H12F2N2O4/c9-6(10)1-11-8(15)12-5-3-16-2-4(5)7(13)14/h4-6H,1-3H2,(H,13,14)(H2,11,12,15). The Morgan fingerprint density at radius 1 is 1.44 bits per heavy atom. The van der Waals surface area contributed by atoms with E-state index >= 15 is 0 Å². The van der Waals surface area contributed by atoms with Gasteiger partial charge in [0.2, 0.25) is 0 Å². The number of urea groups is 1. The Bertz CT molecular complexity index is 275. The molecule has 0 saturated carbocycles. The SMILES string of the molecule is O=C(NCC(F)F)NC1COCC1C(=O)O. The topological polar surface area (TPSA) is 87.7 Å². The van der Waals surface area contributed by atoms with E-state index in [0.717, 1.165) is 0 Å². The van der Waals surface area contributed by atoms with Gasteiger partial charge < -0.3 is 20.5 Å². The highest BCUT2D eigenvalue weighted by atomic mass is 19.3. The van der Waals surface area contributed by atoms with Crippen LogP contribution >= 0.6 is 0 Å². The molecule has 0 aromatic carbocycles. The molecule has 2 amide bonds. The lowest BCUT2D eigenvalue weighted by Gasteiger charge is -2.15. The van der Waals surface area contributed by atoms with Crippen LogP contribution in [0.5, 0.6) is 0 Å². The summed E-state index contributed by atoms with van der Waals surface area (Å²) >= 11 is 0. The van der Waals surface area contributed by atoms with Crippen molar-refractivity contribution in [3.63, 3.8) is 0 Å². The summed E-state index contributed by atoms with van der Waals surface area (Å²) in [6, 6.07) is -1.50. The average Bonchev–Trinajstić information content (AvgIpc) is 2.62. The summed E-state index contributed by atoms with van der Waals surface area (Å²) in [7, 11) is 0. The normalized spacial score (nSPS) is 24.4. The van der Waals surface area contributed by atoms with Crippen LogP contribution in [0.3, 0.4) is 0 Å². The first-order valence-electron chi connectivity index (χ1n) is 4.63. The molecule has 0 aliphatic carbocycles. The highest BCUT2D eigenvalue weighted by Crippen LogP contribution is 2.13. The molecular weight excluding hydrogens is 226 g/mol. The van der Waals surface area contributed by atoms with Crippen LogP contribution in [0.2, 0.25) is 0 Å². The van der Waals surface area contributed by atoms with E-state index in [1.165, 1.54) is 0 Å². The van der Waals surface area contributed by atoms with Gasteiger partial charge in [-0.25, -0.2) is 13.6 Å². The number of hydrogen-bond acceptors (Lipinski definition) is 3. The first-order valence-corrected chi connectivity index (χ1v) is 4.63. The van der Waals surface area contributed by atoms with E-state index in [-0.39, 0.29) is 13.2 Å². The summed E-state index contributed by atoms with van der Waals surface area (Å²) in [4.78, 5) is 21.8. The van der Waals surface area contributed by atoms with Crippen LogP contribution in [-0.4, -0.2) is 49.3 Å². The van der Waals surface area contributed by atoms with E-state index in [2.05, 4.69) is 5.32 Å². The summed E-state index contributed by atoms with van der Waals surface area (Å²) in [5.74, 6) is -1.92. The van der Waals surface area contributed by atoms with Crippen LogP contribution in [0.25, 0.3) is 0 Å². The zero-order valence-electron chi connectivity index (χ0n) is 8.28. The number of aliphatic carboxylic acids is 1. The third-order valence-corrected chi connectivity index (χ3v) is 2.13. The molecule has 1 heterocycles. The van der Waals surface area contributed by atoms with Gasteiger partial charge in [-0.15, -0.1) is 0 Å². The summed E-state index contributed by atoms with van der Waals surface area (Å²) < 4.78 is 28.4. The largest absolute Gasteiger partial charge is 0.481 e. The van der Waals surface area contributed by atoms with Crippen molar-refractivity contribution < 1.29 is 28.2 Å². The average molecular weight is 238 g/mol. The number of carbonyl (C=O) groups excluding carboxylic acids is 1. The third kappa shape index (κ3) is 3.61. The molecule has 0 radical (unpaired) electrons. The number of alkyl halides is 2. The summed E-state index contributed by atoms with van der Waals surface area (Å²) in [5, 5.41) is 12.9. The fourth-order valence-corrected chi connectivity index (χ4v) is 1.33. The van der Waals surface area contributed by atoms with Crippen molar-refractivity contribution in [1.29, 1.82) is 0 Å². The van der Waals surface area contributed by atoms with Crippen molar-refractivity contribution in [2.75, 3.05) is 19.8 Å². The summed E-state index contributed by atoms with van der Waals surface area (Å²) in [6.07, 6.45) is -2.64. The van der Waals surface area contributed by atoms with E-state index in [4.69, 9.17) is 9.84 Å². The van der Waals surface area contributed by atoms with Gasteiger partial charge in [-0.3, -0.25) is 4.79 Å². The minimum atomic E-state index is -2.64. The molecule has 0 bridgehead atoms. The highest BCUT2D eigenvalue weighted by Gasteiger charge is 2.35. The first-order chi connectivity index (χ1) is 7.50. The Hall–Kier alpha value is -1.44. The van der Waals surface area contributed by atoms with Gasteiger partial charge in [0.05, 0.1) is 25.8 Å². The van der Waals surface area contributed by atoms with E-state index in [0.29, 0.717) is 0 Å². The maximum absolute atomic E-state index is 11.8. The quantitative estimate of drug-likeness (QED) is 0.624. The van der Waals surface area contributed by atoms with E-state index < -0.39 is 36.9 Å². The smallest absolute Gasteiger partial charge is 0.315 e. The van der Waals surface area contributed by atoms with Gasteiger partial charge in [-0.2, -0.15) is 0 Å². The van der Waals surface area contributed by atoms with E-state index in [9.17, 15) is 18.4 Å². The van der Waals surface area contributed by atoms with Crippen LogP contribution < -0.4 is 10.6 Å². The van der Waals surface area contributed by atoms with Gasteiger partial charge in [0.15, 0.2) is 0 Å². The Morgan fingerprint density at radius 3 is 2.69 bits per heavy atom. The molecule has 1 saturated heterocycles. The van der Waals surface area contributed by atoms with E-state index in [1.807, 2.05) is 5.32 Å². The predicted octanol–water partition coefficient (Wildman–Crippen LogP) is -0.350. The summed E-state index contributed by atoms with van der Waals surface area (Å²) in [6.45, 7) is -0.689. The molecule has 0 aromatic rings. The van der Waals surface area contributed by atoms with Crippen molar-refractivity contribution in [3.05, 3.63) is 0 Å². The second-order valence-electron chi connectivity index (χ2n) is 3.33. The van der Waals surface area contributed by atoms with Crippen LogP contribution in [0, 0.1) is 5.92 Å². The maximum atomic E-state index is 11.8. The molecule has 92 valence electrons. The van der Waals surface area contributed by atoms with Gasteiger partial charge in [0, 0.05) is 0 Å². The van der Waals surface area contributed by atoms with Crippen molar-refractivity contribution in [2.24, 2.45) is 5.92 Å². The van der Waals surface area contributed by atoms with Crippen LogP contribution in [0.1, 0.15) is 0 Å². The molecule has 1 aliphatic rings. The number of carboxylic acid groups (broad SMARTS) is 1. The predicted molar refractivity (Wildman–Crippen MR) is 48.3 cm³/mol. The lowest BCUT2D eigenvalue weighted by molar-refractivity contribution is -0.142. The first kappa shape index (κ1) is 12.6. The molecule has 0 aromatic heterocycles. The molecule has 16 heavy (non-hydrogen) atoms. The number of nitrogens with one attached hydrogen (secondary N) is 2. The monoisotopic (exact) mass is 238 g/mol. The van der Waals surface area contributed by atoms with Crippen molar-refractivity contribution >= 4 is 12.0 Å². The number of ether oxygens (including phenoxy) is 1. The molecule has 3 N–H and O–H groups in total.